The van der Waals surface area contributed by atoms with Crippen LogP contribution in [0.1, 0.15) is 26.7 Å². The van der Waals surface area contributed by atoms with Crippen molar-refractivity contribution in [2.45, 2.75) is 38.8 Å². The first-order chi connectivity index (χ1) is 6.77. The van der Waals surface area contributed by atoms with Crippen molar-refractivity contribution in [3.8, 4) is 0 Å². The summed E-state index contributed by atoms with van der Waals surface area (Å²) in [5.74, 6) is 1.08. The molecular weight excluding hydrogens is 182 g/mol. The normalized spacial score (nSPS) is 31.3. The van der Waals surface area contributed by atoms with E-state index in [2.05, 4.69) is 17.0 Å². The van der Waals surface area contributed by atoms with Gasteiger partial charge in [0.05, 0.1) is 6.61 Å². The lowest BCUT2D eigenvalue weighted by Gasteiger charge is -2.01. The monoisotopic (exact) mass is 203 g/mol. The molecule has 1 saturated heterocycles. The molecule has 2 aliphatic rings. The van der Waals surface area contributed by atoms with Gasteiger partial charge in [-0.05, 0) is 32.6 Å². The van der Waals surface area contributed by atoms with E-state index in [1.165, 1.54) is 12.8 Å². The van der Waals surface area contributed by atoms with Crippen LogP contribution in [0.25, 0.3) is 0 Å². The minimum atomic E-state index is 0.431. The maximum Gasteiger partial charge on any atom is 0.293 e. The van der Waals surface area contributed by atoms with Crippen LogP contribution in [0.2, 0.25) is 0 Å². The lowest BCUT2D eigenvalue weighted by molar-refractivity contribution is -0.128. The number of carbonyl (C=O) groups excluding carboxylic acids is 1. The molecule has 1 heterocycles. The molecule has 14 heavy (non-hydrogen) atoms. The van der Waals surface area contributed by atoms with Gasteiger partial charge in [0, 0.05) is 19.2 Å². The minimum Gasteiger partial charge on any atom is -0.468 e. The van der Waals surface area contributed by atoms with Gasteiger partial charge in [-0.3, -0.25) is 4.79 Å². The first-order valence-electron chi connectivity index (χ1n) is 5.04. The summed E-state index contributed by atoms with van der Waals surface area (Å²) in [7, 11) is 1.00. The second-order valence-electron chi connectivity index (χ2n) is 3.46. The van der Waals surface area contributed by atoms with E-state index < -0.39 is 0 Å². The van der Waals surface area contributed by atoms with E-state index >= 15 is 0 Å². The van der Waals surface area contributed by atoms with Crippen LogP contribution in [-0.2, 0) is 9.53 Å². The first-order valence-corrected chi connectivity index (χ1v) is 5.04. The highest BCUT2D eigenvalue weighted by atomic mass is 16.5. The van der Waals surface area contributed by atoms with Crippen molar-refractivity contribution in [1.29, 1.82) is 0 Å². The van der Waals surface area contributed by atoms with Gasteiger partial charge in [0.2, 0.25) is 0 Å². The van der Waals surface area contributed by atoms with E-state index in [1.807, 2.05) is 0 Å². The molecular formula is C10H21NO3. The molecule has 1 aliphatic carbocycles. The van der Waals surface area contributed by atoms with E-state index in [-0.39, 0.29) is 0 Å². The Morgan fingerprint density at radius 3 is 2.29 bits per heavy atom. The topological polar surface area (TPSA) is 58.6 Å². The second-order valence-corrected chi connectivity index (χ2v) is 3.46. The molecule has 4 nitrogen and oxygen atoms in total. The van der Waals surface area contributed by atoms with Gasteiger partial charge in [-0.15, -0.1) is 0 Å². The number of hydrogen-bond acceptors (Lipinski definition) is 4. The summed E-state index contributed by atoms with van der Waals surface area (Å²) in [6, 6.07) is 1.76. The molecule has 0 aromatic rings. The summed E-state index contributed by atoms with van der Waals surface area (Å²) in [6.07, 6.45) is 2.90. The van der Waals surface area contributed by atoms with E-state index in [0.717, 1.165) is 25.1 Å². The molecule has 4 heteroatoms. The van der Waals surface area contributed by atoms with Crippen LogP contribution in [0, 0.1) is 5.92 Å². The number of rotatable bonds is 2. The third-order valence-corrected chi connectivity index (χ3v) is 2.31. The van der Waals surface area contributed by atoms with Crippen molar-refractivity contribution < 1.29 is 14.6 Å². The van der Waals surface area contributed by atoms with Crippen LogP contribution in [0.5, 0.6) is 0 Å². The predicted octanol–water partition coefficient (Wildman–Crippen LogP) is 0.544. The molecule has 0 spiro atoms. The smallest absolute Gasteiger partial charge is 0.293 e. The standard InChI is InChI=1S/C6H11N.C3H6O2.CH4O/c1-4-2-5-3-6(5)7-4;1-2-5-3-4;1-2/h4-7H,2-3H2,1H3;3H,2H2,1H3;2H,1H3. The molecule has 1 aliphatic heterocycles. The summed E-state index contributed by atoms with van der Waals surface area (Å²) >= 11 is 0. The van der Waals surface area contributed by atoms with Crippen LogP contribution in [0.3, 0.4) is 0 Å². The molecule has 3 atom stereocenters. The summed E-state index contributed by atoms with van der Waals surface area (Å²) in [5, 5.41) is 10.5. The molecule has 0 amide bonds. The average molecular weight is 203 g/mol. The molecule has 84 valence electrons. The Bertz CT molecular complexity index is 142. The quantitative estimate of drug-likeness (QED) is 0.643. The van der Waals surface area contributed by atoms with Gasteiger partial charge in [-0.25, -0.2) is 0 Å². The fourth-order valence-electron chi connectivity index (χ4n) is 1.67. The highest BCUT2D eigenvalue weighted by Gasteiger charge is 2.43. The molecule has 0 bridgehead atoms. The number of fused-ring (bicyclic) bond motifs is 1. The van der Waals surface area contributed by atoms with Crippen LogP contribution >= 0.6 is 0 Å². The lowest BCUT2D eigenvalue weighted by Crippen LogP contribution is -2.21. The van der Waals surface area contributed by atoms with Gasteiger partial charge in [0.15, 0.2) is 0 Å². The molecule has 0 aromatic carbocycles. The third kappa shape index (κ3) is 5.19. The Morgan fingerprint density at radius 2 is 2.14 bits per heavy atom. The lowest BCUT2D eigenvalue weighted by atomic mass is 10.2. The molecule has 0 aromatic heterocycles. The van der Waals surface area contributed by atoms with E-state index in [0.29, 0.717) is 13.1 Å². The maximum absolute atomic E-state index is 9.18. The number of piperidine rings is 1. The van der Waals surface area contributed by atoms with Gasteiger partial charge in [-0.1, -0.05) is 0 Å². The van der Waals surface area contributed by atoms with Gasteiger partial charge in [-0.2, -0.15) is 0 Å². The number of aliphatic hydroxyl groups is 1. The SMILES string of the molecule is CC1CC2CC2N1.CCOC=O.CO. The Kier molecular flexibility index (Phi) is 7.42. The molecule has 2 fully saturated rings. The van der Waals surface area contributed by atoms with E-state index in [4.69, 9.17) is 5.11 Å². The zero-order chi connectivity index (χ0) is 11.0. The van der Waals surface area contributed by atoms with Crippen molar-refractivity contribution in [2.24, 2.45) is 5.92 Å². The number of hydrogen-bond donors (Lipinski definition) is 2. The van der Waals surface area contributed by atoms with Crippen molar-refractivity contribution >= 4 is 6.47 Å². The summed E-state index contributed by atoms with van der Waals surface area (Å²) in [5.41, 5.74) is 0. The van der Waals surface area contributed by atoms with Crippen molar-refractivity contribution in [3.05, 3.63) is 0 Å². The zero-order valence-corrected chi connectivity index (χ0v) is 9.19. The molecule has 2 N–H and O–H groups in total. The van der Waals surface area contributed by atoms with E-state index in [9.17, 15) is 4.79 Å². The van der Waals surface area contributed by atoms with Crippen LogP contribution < -0.4 is 5.32 Å². The van der Waals surface area contributed by atoms with Gasteiger partial charge < -0.3 is 15.2 Å². The largest absolute Gasteiger partial charge is 0.468 e. The fraction of sp³-hybridized carbons (Fsp3) is 0.900. The summed E-state index contributed by atoms with van der Waals surface area (Å²) in [4.78, 5) is 9.18. The third-order valence-electron chi connectivity index (χ3n) is 2.31. The number of aliphatic hydroxyl groups excluding tert-OH is 1. The Hall–Kier alpha value is -0.610. The highest BCUT2D eigenvalue weighted by Crippen LogP contribution is 2.40. The van der Waals surface area contributed by atoms with Crippen molar-refractivity contribution in [2.75, 3.05) is 13.7 Å². The number of nitrogens with one attached hydrogen (secondary N) is 1. The Labute approximate surface area is 85.6 Å². The Morgan fingerprint density at radius 1 is 1.50 bits per heavy atom. The number of ether oxygens (including phenoxy) is 1. The van der Waals surface area contributed by atoms with Gasteiger partial charge >= 0.3 is 0 Å². The van der Waals surface area contributed by atoms with Crippen molar-refractivity contribution in [3.63, 3.8) is 0 Å². The van der Waals surface area contributed by atoms with Crippen molar-refractivity contribution in [1.82, 2.24) is 5.32 Å². The van der Waals surface area contributed by atoms with Crippen LogP contribution in [0.4, 0.5) is 0 Å². The summed E-state index contributed by atoms with van der Waals surface area (Å²) < 4.78 is 4.15. The minimum absolute atomic E-state index is 0.431. The fourth-order valence-corrected chi connectivity index (χ4v) is 1.67. The zero-order valence-electron chi connectivity index (χ0n) is 9.19. The molecule has 0 radical (unpaired) electrons. The molecule has 1 saturated carbocycles. The maximum atomic E-state index is 9.18. The molecule has 2 rings (SSSR count). The predicted molar refractivity (Wildman–Crippen MR) is 54.9 cm³/mol. The average Bonchev–Trinajstić information content (AvgIpc) is 2.80. The summed E-state index contributed by atoms with van der Waals surface area (Å²) in [6.45, 7) is 4.93. The highest BCUT2D eigenvalue weighted by molar-refractivity contribution is 5.36. The Balaban J connectivity index is 0.000000217. The van der Waals surface area contributed by atoms with Gasteiger partial charge in [0.25, 0.3) is 6.47 Å². The van der Waals surface area contributed by atoms with Gasteiger partial charge in [0.1, 0.15) is 0 Å². The van der Waals surface area contributed by atoms with Crippen LogP contribution in [0.15, 0.2) is 0 Å². The molecule has 3 unspecified atom stereocenters. The first kappa shape index (κ1) is 13.4. The van der Waals surface area contributed by atoms with E-state index in [1.54, 1.807) is 6.92 Å². The number of carbonyl (C=O) groups is 1. The van der Waals surface area contributed by atoms with Crippen LogP contribution in [-0.4, -0.2) is 37.4 Å². The second kappa shape index (κ2) is 7.76.